The number of thioether (sulfide) groups is 1. The summed E-state index contributed by atoms with van der Waals surface area (Å²) in [5.41, 5.74) is 2.09. The number of aromatic nitrogens is 4. The SMILES string of the molecule is CC(C)Cn1nnnc1SC(C)C(=O)NC(c1ccccc1)c1ccccc1. The summed E-state index contributed by atoms with van der Waals surface area (Å²) in [6.07, 6.45) is 0. The molecule has 1 amide bonds. The molecule has 0 saturated carbocycles. The fourth-order valence-corrected chi connectivity index (χ4v) is 3.67. The minimum absolute atomic E-state index is 0.0539. The lowest BCUT2D eigenvalue weighted by Crippen LogP contribution is -2.35. The number of nitrogens with zero attached hydrogens (tertiary/aromatic N) is 4. The summed E-state index contributed by atoms with van der Waals surface area (Å²) in [6.45, 7) is 6.81. The van der Waals surface area contributed by atoms with Gasteiger partial charge in [0.15, 0.2) is 0 Å². The van der Waals surface area contributed by atoms with Gasteiger partial charge in [-0.2, -0.15) is 0 Å². The molecule has 1 unspecified atom stereocenters. The van der Waals surface area contributed by atoms with E-state index in [9.17, 15) is 4.79 Å². The first kappa shape index (κ1) is 20.1. The standard InChI is InChI=1S/C21H25N5OS/c1-15(2)14-26-21(23-24-25-26)28-16(3)20(27)22-19(17-10-6-4-7-11-17)18-12-8-5-9-13-18/h4-13,15-16,19H,14H2,1-3H3,(H,22,27). The first-order valence-electron chi connectivity index (χ1n) is 9.37. The summed E-state index contributed by atoms with van der Waals surface area (Å²) in [5.74, 6) is 0.370. The Bertz CT molecular complexity index is 843. The Morgan fingerprint density at radius 2 is 1.57 bits per heavy atom. The number of carbonyl (C=O) groups excluding carboxylic acids is 1. The highest BCUT2D eigenvalue weighted by molar-refractivity contribution is 8.00. The quantitative estimate of drug-likeness (QED) is 0.589. The molecule has 0 saturated heterocycles. The van der Waals surface area contributed by atoms with Crippen LogP contribution in [0.15, 0.2) is 65.8 Å². The molecule has 6 nitrogen and oxygen atoms in total. The van der Waals surface area contributed by atoms with E-state index in [2.05, 4.69) is 34.7 Å². The van der Waals surface area contributed by atoms with Crippen LogP contribution in [-0.4, -0.2) is 31.4 Å². The molecule has 1 aromatic heterocycles. The molecule has 0 fully saturated rings. The van der Waals surface area contributed by atoms with Crippen LogP contribution >= 0.6 is 11.8 Å². The first-order chi connectivity index (χ1) is 13.5. The topological polar surface area (TPSA) is 72.7 Å². The second-order valence-electron chi connectivity index (χ2n) is 7.06. The van der Waals surface area contributed by atoms with Crippen LogP contribution in [0, 0.1) is 5.92 Å². The molecule has 28 heavy (non-hydrogen) atoms. The summed E-state index contributed by atoms with van der Waals surface area (Å²) in [5, 5.41) is 15.4. The minimum Gasteiger partial charge on any atom is -0.344 e. The molecule has 2 aromatic carbocycles. The lowest BCUT2D eigenvalue weighted by atomic mass is 9.98. The third-order valence-corrected chi connectivity index (χ3v) is 5.31. The monoisotopic (exact) mass is 395 g/mol. The molecule has 7 heteroatoms. The predicted molar refractivity (Wildman–Crippen MR) is 111 cm³/mol. The van der Waals surface area contributed by atoms with Crippen LogP contribution in [0.3, 0.4) is 0 Å². The smallest absolute Gasteiger partial charge is 0.234 e. The molecule has 0 spiro atoms. The molecule has 0 aliphatic heterocycles. The third kappa shape index (κ3) is 5.19. The van der Waals surface area contributed by atoms with Gasteiger partial charge in [0, 0.05) is 6.54 Å². The number of hydrogen-bond donors (Lipinski definition) is 1. The van der Waals surface area contributed by atoms with E-state index in [-0.39, 0.29) is 17.2 Å². The number of nitrogens with one attached hydrogen (secondary N) is 1. The van der Waals surface area contributed by atoms with Crippen LogP contribution in [0.25, 0.3) is 0 Å². The lowest BCUT2D eigenvalue weighted by Gasteiger charge is -2.22. The molecule has 0 aliphatic rings. The average Bonchev–Trinajstić information content (AvgIpc) is 3.13. The summed E-state index contributed by atoms with van der Waals surface area (Å²) in [6, 6.07) is 19.8. The Morgan fingerprint density at radius 1 is 1.00 bits per heavy atom. The van der Waals surface area contributed by atoms with Gasteiger partial charge in [0.2, 0.25) is 11.1 Å². The fourth-order valence-electron chi connectivity index (χ4n) is 2.86. The Hall–Kier alpha value is -2.67. The van der Waals surface area contributed by atoms with Gasteiger partial charge >= 0.3 is 0 Å². The van der Waals surface area contributed by atoms with Gasteiger partial charge in [0.25, 0.3) is 0 Å². The van der Waals surface area contributed by atoms with Gasteiger partial charge in [0.1, 0.15) is 0 Å². The van der Waals surface area contributed by atoms with Crippen molar-refractivity contribution in [2.75, 3.05) is 0 Å². The van der Waals surface area contributed by atoms with Crippen molar-refractivity contribution in [3.63, 3.8) is 0 Å². The maximum absolute atomic E-state index is 13.0. The molecular formula is C21H25N5OS. The molecule has 0 aliphatic carbocycles. The summed E-state index contributed by atoms with van der Waals surface area (Å²) in [4.78, 5) is 13.0. The van der Waals surface area contributed by atoms with Crippen LogP contribution in [-0.2, 0) is 11.3 Å². The maximum atomic E-state index is 13.0. The zero-order valence-corrected chi connectivity index (χ0v) is 17.1. The van der Waals surface area contributed by atoms with E-state index in [1.54, 1.807) is 4.68 Å². The molecule has 1 N–H and O–H groups in total. The number of carbonyl (C=O) groups is 1. The number of hydrogen-bond acceptors (Lipinski definition) is 5. The van der Waals surface area contributed by atoms with Crippen molar-refractivity contribution in [2.24, 2.45) is 5.92 Å². The highest BCUT2D eigenvalue weighted by atomic mass is 32.2. The van der Waals surface area contributed by atoms with Crippen molar-refractivity contribution in [3.8, 4) is 0 Å². The predicted octanol–water partition coefficient (Wildman–Crippen LogP) is 3.72. The number of rotatable bonds is 8. The van der Waals surface area contributed by atoms with Gasteiger partial charge in [-0.15, -0.1) is 5.10 Å². The summed E-state index contributed by atoms with van der Waals surface area (Å²) < 4.78 is 1.75. The molecule has 1 atom stereocenters. The van der Waals surface area contributed by atoms with Crippen molar-refractivity contribution in [1.82, 2.24) is 25.5 Å². The van der Waals surface area contributed by atoms with E-state index in [1.165, 1.54) is 11.8 Å². The van der Waals surface area contributed by atoms with Crippen LogP contribution in [0.2, 0.25) is 0 Å². The molecular weight excluding hydrogens is 370 g/mol. The maximum Gasteiger partial charge on any atom is 0.234 e. The fraction of sp³-hybridized carbons (Fsp3) is 0.333. The first-order valence-corrected chi connectivity index (χ1v) is 10.3. The highest BCUT2D eigenvalue weighted by Gasteiger charge is 2.23. The molecule has 3 rings (SSSR count). The number of amides is 1. The largest absolute Gasteiger partial charge is 0.344 e. The lowest BCUT2D eigenvalue weighted by molar-refractivity contribution is -0.120. The van der Waals surface area contributed by atoms with Crippen molar-refractivity contribution in [1.29, 1.82) is 0 Å². The summed E-state index contributed by atoms with van der Waals surface area (Å²) >= 11 is 1.37. The van der Waals surface area contributed by atoms with E-state index in [1.807, 2.05) is 67.6 Å². The zero-order chi connectivity index (χ0) is 19.9. The Kier molecular flexibility index (Phi) is 6.81. The molecule has 0 bridgehead atoms. The van der Waals surface area contributed by atoms with Crippen LogP contribution in [0.4, 0.5) is 0 Å². The van der Waals surface area contributed by atoms with Gasteiger partial charge in [-0.25, -0.2) is 4.68 Å². The number of benzene rings is 2. The Balaban J connectivity index is 1.74. The highest BCUT2D eigenvalue weighted by Crippen LogP contribution is 2.25. The molecule has 0 radical (unpaired) electrons. The Morgan fingerprint density at radius 3 is 2.11 bits per heavy atom. The zero-order valence-electron chi connectivity index (χ0n) is 16.3. The van der Waals surface area contributed by atoms with Crippen molar-refractivity contribution >= 4 is 17.7 Å². The van der Waals surface area contributed by atoms with E-state index < -0.39 is 0 Å². The third-order valence-electron chi connectivity index (χ3n) is 4.24. The number of tetrazole rings is 1. The van der Waals surface area contributed by atoms with Crippen molar-refractivity contribution < 1.29 is 4.79 Å². The van der Waals surface area contributed by atoms with Gasteiger partial charge in [0.05, 0.1) is 11.3 Å². The molecule has 1 heterocycles. The van der Waals surface area contributed by atoms with E-state index in [0.29, 0.717) is 11.1 Å². The van der Waals surface area contributed by atoms with Crippen molar-refractivity contribution in [2.45, 2.75) is 43.8 Å². The van der Waals surface area contributed by atoms with Crippen LogP contribution < -0.4 is 5.32 Å². The second-order valence-corrected chi connectivity index (χ2v) is 8.37. The average molecular weight is 396 g/mol. The second kappa shape index (κ2) is 9.50. The van der Waals surface area contributed by atoms with E-state index >= 15 is 0 Å². The minimum atomic E-state index is -0.327. The van der Waals surface area contributed by atoms with Gasteiger partial charge in [-0.1, -0.05) is 86.3 Å². The van der Waals surface area contributed by atoms with Crippen molar-refractivity contribution in [3.05, 3.63) is 71.8 Å². The van der Waals surface area contributed by atoms with Gasteiger partial charge in [-0.05, 0) is 34.4 Å². The summed E-state index contributed by atoms with van der Waals surface area (Å²) in [7, 11) is 0. The molecule has 146 valence electrons. The Labute approximate surface area is 169 Å². The van der Waals surface area contributed by atoms with Crippen LogP contribution in [0.1, 0.15) is 37.9 Å². The van der Waals surface area contributed by atoms with E-state index in [4.69, 9.17) is 0 Å². The van der Waals surface area contributed by atoms with E-state index in [0.717, 1.165) is 17.7 Å². The van der Waals surface area contributed by atoms with Gasteiger partial charge in [-0.3, -0.25) is 4.79 Å². The van der Waals surface area contributed by atoms with Gasteiger partial charge < -0.3 is 5.32 Å². The van der Waals surface area contributed by atoms with Crippen LogP contribution in [0.5, 0.6) is 0 Å². The molecule has 3 aromatic rings. The normalized spacial score (nSPS) is 12.3.